The van der Waals surface area contributed by atoms with E-state index in [1.54, 1.807) is 21.9 Å². The number of nitrogens with zero attached hydrogens (tertiary/aromatic N) is 2. The van der Waals surface area contributed by atoms with Crippen LogP contribution in [0.15, 0.2) is 36.4 Å². The molecule has 1 aromatic carbocycles. The molecule has 1 aliphatic heterocycles. The van der Waals surface area contributed by atoms with Crippen LogP contribution in [0.1, 0.15) is 36.7 Å². The Hall–Kier alpha value is -2.63. The second-order valence-corrected chi connectivity index (χ2v) is 7.31. The highest BCUT2D eigenvalue weighted by atomic mass is 16.6. The van der Waals surface area contributed by atoms with Gasteiger partial charge in [0.25, 0.3) is 0 Å². The van der Waals surface area contributed by atoms with Crippen LogP contribution in [0.5, 0.6) is 0 Å². The summed E-state index contributed by atoms with van der Waals surface area (Å²) in [7, 11) is 0. The fraction of sp³-hybridized carbons (Fsp3) is 0.450. The number of ether oxygens (including phenoxy) is 1. The Morgan fingerprint density at radius 2 is 1.54 bits per heavy atom. The highest BCUT2D eigenvalue weighted by Gasteiger charge is 2.27. The number of rotatable bonds is 3. The van der Waals surface area contributed by atoms with Crippen molar-refractivity contribution in [3.63, 3.8) is 0 Å². The largest absolute Gasteiger partial charge is 0.444 e. The Morgan fingerprint density at radius 3 is 2.12 bits per heavy atom. The second-order valence-electron chi connectivity index (χ2n) is 7.31. The summed E-state index contributed by atoms with van der Waals surface area (Å²) in [5.41, 5.74) is 0.926. The number of piperazine rings is 1. The van der Waals surface area contributed by atoms with E-state index in [0.29, 0.717) is 31.7 Å². The van der Waals surface area contributed by atoms with Gasteiger partial charge in [-0.2, -0.15) is 0 Å². The van der Waals surface area contributed by atoms with E-state index >= 15 is 0 Å². The summed E-state index contributed by atoms with van der Waals surface area (Å²) in [6, 6.07) is 7.27. The highest BCUT2D eigenvalue weighted by molar-refractivity contribution is 6.08. The highest BCUT2D eigenvalue weighted by Crippen LogP contribution is 2.12. The van der Waals surface area contributed by atoms with Crippen molar-refractivity contribution in [3.8, 4) is 0 Å². The fourth-order valence-corrected chi connectivity index (χ4v) is 2.63. The minimum atomic E-state index is -0.539. The van der Waals surface area contributed by atoms with Crippen molar-refractivity contribution < 1.29 is 19.1 Å². The van der Waals surface area contributed by atoms with Gasteiger partial charge in [-0.15, -0.1) is 0 Å². The van der Waals surface area contributed by atoms with Crippen LogP contribution in [0.2, 0.25) is 0 Å². The summed E-state index contributed by atoms with van der Waals surface area (Å²) >= 11 is 0. The lowest BCUT2D eigenvalue weighted by Crippen LogP contribution is -2.51. The third-order valence-corrected chi connectivity index (χ3v) is 4.03. The summed E-state index contributed by atoms with van der Waals surface area (Å²) < 4.78 is 5.34. The first kappa shape index (κ1) is 19.7. The van der Waals surface area contributed by atoms with Crippen LogP contribution in [0.4, 0.5) is 4.79 Å². The molecule has 26 heavy (non-hydrogen) atoms. The van der Waals surface area contributed by atoms with Gasteiger partial charge in [0.2, 0.25) is 5.91 Å². The van der Waals surface area contributed by atoms with Crippen molar-refractivity contribution in [1.29, 1.82) is 0 Å². The van der Waals surface area contributed by atoms with E-state index in [4.69, 9.17) is 4.74 Å². The van der Waals surface area contributed by atoms with Gasteiger partial charge in [0.1, 0.15) is 5.60 Å². The molecule has 0 spiro atoms. The first-order valence-electron chi connectivity index (χ1n) is 8.72. The lowest BCUT2D eigenvalue weighted by Gasteiger charge is -2.35. The molecular weight excluding hydrogens is 332 g/mol. The third-order valence-electron chi connectivity index (χ3n) is 4.03. The molecule has 0 N–H and O–H groups in total. The van der Waals surface area contributed by atoms with Gasteiger partial charge in [-0.1, -0.05) is 24.3 Å². The van der Waals surface area contributed by atoms with Gasteiger partial charge in [0, 0.05) is 37.8 Å². The number of carbonyl (C=O) groups excluding carboxylic acids is 3. The molecule has 0 bridgehead atoms. The summed E-state index contributed by atoms with van der Waals surface area (Å²) in [5, 5.41) is 0. The van der Waals surface area contributed by atoms with Gasteiger partial charge in [-0.3, -0.25) is 9.59 Å². The predicted molar refractivity (Wildman–Crippen MR) is 99.0 cm³/mol. The standard InChI is InChI=1S/C20H26N2O4/c1-15-7-5-6-8-16(15)17(23)9-10-18(24)21-11-13-22(14-12-21)19(25)26-20(2,3)4/h5-10H,11-14H2,1-4H3/b10-9+. The molecule has 0 aliphatic carbocycles. The monoisotopic (exact) mass is 358 g/mol. The third kappa shape index (κ3) is 5.44. The Balaban J connectivity index is 1.87. The Kier molecular flexibility index (Phi) is 6.18. The number of allylic oxidation sites excluding steroid dienone is 1. The first-order valence-corrected chi connectivity index (χ1v) is 8.72. The van der Waals surface area contributed by atoms with E-state index in [-0.39, 0.29) is 17.8 Å². The minimum Gasteiger partial charge on any atom is -0.444 e. The molecule has 2 rings (SSSR count). The lowest BCUT2D eigenvalue weighted by molar-refractivity contribution is -0.127. The van der Waals surface area contributed by atoms with E-state index in [1.165, 1.54) is 12.2 Å². The van der Waals surface area contributed by atoms with Gasteiger partial charge in [-0.25, -0.2) is 4.79 Å². The van der Waals surface area contributed by atoms with E-state index in [9.17, 15) is 14.4 Å². The SMILES string of the molecule is Cc1ccccc1C(=O)/C=C/C(=O)N1CCN(C(=O)OC(C)(C)C)CC1. The van der Waals surface area contributed by atoms with Crippen LogP contribution in [0, 0.1) is 6.92 Å². The number of carbonyl (C=O) groups is 3. The van der Waals surface area contributed by atoms with Crippen LogP contribution >= 0.6 is 0 Å². The normalized spacial score (nSPS) is 15.2. The zero-order valence-corrected chi connectivity index (χ0v) is 15.8. The maximum absolute atomic E-state index is 12.3. The van der Waals surface area contributed by atoms with Crippen molar-refractivity contribution in [2.45, 2.75) is 33.3 Å². The molecule has 140 valence electrons. The summed E-state index contributed by atoms with van der Waals surface area (Å²) in [5.74, 6) is -0.417. The lowest BCUT2D eigenvalue weighted by atomic mass is 10.0. The number of hydrogen-bond donors (Lipinski definition) is 0. The maximum Gasteiger partial charge on any atom is 0.410 e. The van der Waals surface area contributed by atoms with Gasteiger partial charge < -0.3 is 14.5 Å². The van der Waals surface area contributed by atoms with Crippen molar-refractivity contribution in [2.75, 3.05) is 26.2 Å². The predicted octanol–water partition coefficient (Wildman–Crippen LogP) is 2.81. The molecule has 0 atom stereocenters. The molecule has 6 nitrogen and oxygen atoms in total. The molecule has 0 aromatic heterocycles. The molecule has 2 amide bonds. The first-order chi connectivity index (χ1) is 12.2. The smallest absolute Gasteiger partial charge is 0.410 e. The molecule has 1 aromatic rings. The van der Waals surface area contributed by atoms with Gasteiger partial charge in [0.15, 0.2) is 5.78 Å². The number of benzene rings is 1. The van der Waals surface area contributed by atoms with E-state index < -0.39 is 5.60 Å². The van der Waals surface area contributed by atoms with E-state index in [2.05, 4.69) is 0 Å². The Bertz CT molecular complexity index is 711. The van der Waals surface area contributed by atoms with Crippen molar-refractivity contribution in [2.24, 2.45) is 0 Å². The average molecular weight is 358 g/mol. The van der Waals surface area contributed by atoms with Crippen LogP contribution in [-0.2, 0) is 9.53 Å². The Morgan fingerprint density at radius 1 is 0.962 bits per heavy atom. The maximum atomic E-state index is 12.3. The number of aryl methyl sites for hydroxylation is 1. The zero-order valence-electron chi connectivity index (χ0n) is 15.8. The van der Waals surface area contributed by atoms with Crippen molar-refractivity contribution in [3.05, 3.63) is 47.5 Å². The van der Waals surface area contributed by atoms with Crippen molar-refractivity contribution in [1.82, 2.24) is 9.80 Å². The number of hydrogen-bond acceptors (Lipinski definition) is 4. The number of amides is 2. The molecule has 1 fully saturated rings. The van der Waals surface area contributed by atoms with Gasteiger partial charge in [-0.05, 0) is 39.3 Å². The molecule has 1 aliphatic rings. The van der Waals surface area contributed by atoms with Gasteiger partial charge in [0.05, 0.1) is 0 Å². The van der Waals surface area contributed by atoms with Crippen molar-refractivity contribution >= 4 is 17.8 Å². The van der Waals surface area contributed by atoms with Crippen LogP contribution < -0.4 is 0 Å². The molecular formula is C20H26N2O4. The van der Waals surface area contributed by atoms with Crippen LogP contribution in [-0.4, -0.2) is 59.4 Å². The summed E-state index contributed by atoms with van der Waals surface area (Å²) in [6.07, 6.45) is 2.25. The summed E-state index contributed by atoms with van der Waals surface area (Å²) in [6.45, 7) is 8.99. The molecule has 1 saturated heterocycles. The van der Waals surface area contributed by atoms with Gasteiger partial charge >= 0.3 is 6.09 Å². The summed E-state index contributed by atoms with van der Waals surface area (Å²) in [4.78, 5) is 39.7. The molecule has 0 radical (unpaired) electrons. The molecule has 6 heteroatoms. The Labute approximate surface area is 154 Å². The molecule has 0 unspecified atom stereocenters. The molecule has 1 heterocycles. The number of ketones is 1. The van der Waals surface area contributed by atoms with Crippen LogP contribution in [0.25, 0.3) is 0 Å². The topological polar surface area (TPSA) is 66.9 Å². The zero-order chi connectivity index (χ0) is 19.3. The quantitative estimate of drug-likeness (QED) is 0.615. The van der Waals surface area contributed by atoms with Crippen LogP contribution in [0.3, 0.4) is 0 Å². The minimum absolute atomic E-state index is 0.191. The average Bonchev–Trinajstić information content (AvgIpc) is 2.58. The van der Waals surface area contributed by atoms with E-state index in [0.717, 1.165) is 5.56 Å². The fourth-order valence-electron chi connectivity index (χ4n) is 2.63. The van der Waals surface area contributed by atoms with E-state index in [1.807, 2.05) is 39.8 Å². The second kappa shape index (κ2) is 8.17. The molecule has 0 saturated carbocycles.